The third-order valence-electron chi connectivity index (χ3n) is 8.10. The molecule has 1 heterocycles. The lowest BCUT2D eigenvalue weighted by molar-refractivity contribution is -0.180. The molecule has 6 fully saturated rings. The van der Waals surface area contributed by atoms with Crippen LogP contribution in [0.25, 0.3) is 0 Å². The minimum Gasteiger partial charge on any atom is -0.444 e. The van der Waals surface area contributed by atoms with Gasteiger partial charge in [0.2, 0.25) is 5.91 Å². The van der Waals surface area contributed by atoms with Crippen LogP contribution in [0.1, 0.15) is 72.1 Å². The lowest BCUT2D eigenvalue weighted by Gasteiger charge is -2.62. The van der Waals surface area contributed by atoms with Crippen LogP contribution in [-0.2, 0) is 9.53 Å². The number of nitrogens with one attached hydrogen (secondary N) is 1. The van der Waals surface area contributed by atoms with Crippen LogP contribution in [0.4, 0.5) is 4.79 Å². The lowest BCUT2D eigenvalue weighted by Crippen LogP contribution is -2.66. The van der Waals surface area contributed by atoms with Gasteiger partial charge >= 0.3 is 6.09 Å². The molecule has 2 amide bonds. The zero-order valence-corrected chi connectivity index (χ0v) is 18.2. The van der Waals surface area contributed by atoms with Crippen molar-refractivity contribution in [2.75, 3.05) is 0 Å². The van der Waals surface area contributed by atoms with Crippen LogP contribution in [0.5, 0.6) is 0 Å². The van der Waals surface area contributed by atoms with Gasteiger partial charge in [0, 0.05) is 11.5 Å². The van der Waals surface area contributed by atoms with Crippen molar-refractivity contribution < 1.29 is 19.4 Å². The van der Waals surface area contributed by atoms with Crippen LogP contribution in [0.2, 0.25) is 0 Å². The SMILES string of the molecule is CC(C)(C)OC(=O)N[C@H](C(=O)N1C2C[C@H]2C[C@H]1C#N)C12CC3CC(CC(O)(C3)C1)C2. The fourth-order valence-corrected chi connectivity index (χ4v) is 7.56. The Morgan fingerprint density at radius 2 is 1.83 bits per heavy atom. The Balaban J connectivity index is 1.47. The number of rotatable bonds is 3. The first kappa shape index (κ1) is 20.1. The smallest absolute Gasteiger partial charge is 0.408 e. The highest BCUT2D eigenvalue weighted by molar-refractivity contribution is 5.88. The molecule has 0 radical (unpaired) electrons. The van der Waals surface area contributed by atoms with Crippen LogP contribution in [0.15, 0.2) is 0 Å². The maximum Gasteiger partial charge on any atom is 0.408 e. The van der Waals surface area contributed by atoms with Crippen LogP contribution in [0, 0.1) is 34.5 Å². The van der Waals surface area contributed by atoms with E-state index >= 15 is 0 Å². The number of nitrogens with zero attached hydrogens (tertiary/aromatic N) is 2. The second-order valence-corrected chi connectivity index (χ2v) is 11.8. The van der Waals surface area contributed by atoms with Gasteiger partial charge in [-0.2, -0.15) is 5.26 Å². The maximum absolute atomic E-state index is 13.9. The second-order valence-electron chi connectivity index (χ2n) is 11.8. The normalized spacial score (nSPS) is 44.2. The lowest BCUT2D eigenvalue weighted by atomic mass is 9.46. The molecule has 3 unspecified atom stereocenters. The van der Waals surface area contributed by atoms with Crippen molar-refractivity contribution in [2.45, 2.75) is 101 Å². The van der Waals surface area contributed by atoms with Gasteiger partial charge in [0.05, 0.1) is 11.7 Å². The summed E-state index contributed by atoms with van der Waals surface area (Å²) in [5.41, 5.74) is -1.86. The molecular weight excluding hydrogens is 382 g/mol. The highest BCUT2D eigenvalue weighted by Crippen LogP contribution is 2.63. The first-order valence-electron chi connectivity index (χ1n) is 11.4. The summed E-state index contributed by atoms with van der Waals surface area (Å²) in [6, 6.07) is 1.26. The summed E-state index contributed by atoms with van der Waals surface area (Å²) < 4.78 is 5.51. The van der Waals surface area contributed by atoms with Gasteiger partial charge in [0.25, 0.3) is 0 Å². The zero-order valence-electron chi connectivity index (χ0n) is 18.2. The molecule has 1 aliphatic heterocycles. The number of amides is 2. The molecular formula is C23H33N3O4. The monoisotopic (exact) mass is 415 g/mol. The van der Waals surface area contributed by atoms with Crippen LogP contribution < -0.4 is 5.32 Å². The molecule has 6 aliphatic rings. The molecule has 0 aromatic carbocycles. The number of piperidine rings is 1. The summed E-state index contributed by atoms with van der Waals surface area (Å²) in [6.45, 7) is 5.41. The Kier molecular flexibility index (Phi) is 4.26. The number of carbonyl (C=O) groups is 2. The number of nitriles is 1. The molecule has 0 spiro atoms. The molecule has 1 saturated heterocycles. The Morgan fingerprint density at radius 3 is 2.40 bits per heavy atom. The van der Waals surface area contributed by atoms with Crippen molar-refractivity contribution >= 4 is 12.0 Å². The molecule has 5 aliphatic carbocycles. The minimum atomic E-state index is -0.750. The Morgan fingerprint density at radius 1 is 1.17 bits per heavy atom. The third-order valence-corrected chi connectivity index (χ3v) is 8.10. The van der Waals surface area contributed by atoms with Gasteiger partial charge in [-0.05, 0) is 89.9 Å². The number of ether oxygens (including phenoxy) is 1. The first-order chi connectivity index (χ1) is 14.0. The average Bonchev–Trinajstić information content (AvgIpc) is 3.25. The Hall–Kier alpha value is -1.81. The second kappa shape index (κ2) is 6.35. The summed E-state index contributed by atoms with van der Waals surface area (Å²) in [5.74, 6) is 1.06. The molecule has 4 bridgehead atoms. The highest BCUT2D eigenvalue weighted by Gasteiger charge is 2.64. The molecule has 7 heteroatoms. The van der Waals surface area contributed by atoms with Crippen molar-refractivity contribution in [1.29, 1.82) is 5.26 Å². The molecule has 5 saturated carbocycles. The number of hydrogen-bond acceptors (Lipinski definition) is 5. The average molecular weight is 416 g/mol. The minimum absolute atomic E-state index is 0.127. The standard InChI is InChI=1S/C23H33N3O4/c1-21(2,3)30-20(28)25-18(19(27)26-16(11-24)5-15-6-17(15)26)22-7-13-4-14(8-22)10-23(29,9-13)12-22/h13-18,29H,4-10,12H2,1-3H3,(H,25,28)/t13?,14?,15-,16+,17?,18-,22?,23?/m1/s1. The summed E-state index contributed by atoms with van der Waals surface area (Å²) >= 11 is 0. The van der Waals surface area contributed by atoms with E-state index < -0.39 is 34.8 Å². The van der Waals surface area contributed by atoms with Crippen molar-refractivity contribution in [2.24, 2.45) is 23.2 Å². The molecule has 0 aromatic rings. The van der Waals surface area contributed by atoms with Crippen LogP contribution in [0.3, 0.4) is 0 Å². The highest BCUT2D eigenvalue weighted by atomic mass is 16.6. The van der Waals surface area contributed by atoms with E-state index in [2.05, 4.69) is 11.4 Å². The Bertz CT molecular complexity index is 798. The molecule has 6 atom stereocenters. The molecule has 164 valence electrons. The fraction of sp³-hybridized carbons (Fsp3) is 0.870. The van der Waals surface area contributed by atoms with E-state index in [0.29, 0.717) is 24.2 Å². The van der Waals surface area contributed by atoms with Crippen LogP contribution >= 0.6 is 0 Å². The predicted octanol–water partition coefficient (Wildman–Crippen LogP) is 2.72. The largest absolute Gasteiger partial charge is 0.444 e. The van der Waals surface area contributed by atoms with Crippen molar-refractivity contribution in [3.8, 4) is 6.07 Å². The van der Waals surface area contributed by atoms with E-state index in [0.717, 1.165) is 44.9 Å². The quantitative estimate of drug-likeness (QED) is 0.738. The predicted molar refractivity (Wildman–Crippen MR) is 108 cm³/mol. The van der Waals surface area contributed by atoms with E-state index in [4.69, 9.17) is 4.74 Å². The summed E-state index contributed by atoms with van der Waals surface area (Å²) in [7, 11) is 0. The number of alkyl carbamates (subject to hydrolysis) is 1. The van der Waals surface area contributed by atoms with Gasteiger partial charge in [-0.1, -0.05) is 0 Å². The summed E-state index contributed by atoms with van der Waals surface area (Å²) in [5, 5.41) is 23.8. The van der Waals surface area contributed by atoms with E-state index in [9.17, 15) is 20.0 Å². The maximum atomic E-state index is 13.9. The van der Waals surface area contributed by atoms with Gasteiger partial charge in [0.1, 0.15) is 17.7 Å². The van der Waals surface area contributed by atoms with Gasteiger partial charge in [-0.25, -0.2) is 4.79 Å². The number of aliphatic hydroxyl groups is 1. The van der Waals surface area contributed by atoms with E-state index in [-0.39, 0.29) is 11.9 Å². The number of likely N-dealkylation sites (tertiary alicyclic amines) is 1. The van der Waals surface area contributed by atoms with Crippen LogP contribution in [-0.4, -0.2) is 51.3 Å². The van der Waals surface area contributed by atoms with Crippen molar-refractivity contribution in [3.63, 3.8) is 0 Å². The molecule has 30 heavy (non-hydrogen) atoms. The van der Waals surface area contributed by atoms with Gasteiger partial charge in [-0.3, -0.25) is 4.79 Å². The first-order valence-corrected chi connectivity index (χ1v) is 11.4. The van der Waals surface area contributed by atoms with Crippen molar-refractivity contribution in [1.82, 2.24) is 10.2 Å². The van der Waals surface area contributed by atoms with Gasteiger partial charge < -0.3 is 20.1 Å². The number of carbonyl (C=O) groups excluding carboxylic acids is 2. The molecule has 7 nitrogen and oxygen atoms in total. The summed E-state index contributed by atoms with van der Waals surface area (Å²) in [6.07, 6.45) is 6.02. The molecule has 0 aromatic heterocycles. The van der Waals surface area contributed by atoms with E-state index in [1.807, 2.05) is 0 Å². The number of fused-ring (bicyclic) bond motifs is 1. The molecule has 6 rings (SSSR count). The van der Waals surface area contributed by atoms with Gasteiger partial charge in [0.15, 0.2) is 0 Å². The Labute approximate surface area is 178 Å². The number of hydrogen-bond donors (Lipinski definition) is 2. The fourth-order valence-electron chi connectivity index (χ4n) is 7.56. The van der Waals surface area contributed by atoms with Gasteiger partial charge in [-0.15, -0.1) is 0 Å². The van der Waals surface area contributed by atoms with E-state index in [1.54, 1.807) is 25.7 Å². The molecule has 2 N–H and O–H groups in total. The summed E-state index contributed by atoms with van der Waals surface area (Å²) in [4.78, 5) is 28.4. The zero-order chi connectivity index (χ0) is 21.5. The van der Waals surface area contributed by atoms with E-state index in [1.165, 1.54) is 0 Å². The topological polar surface area (TPSA) is 103 Å². The van der Waals surface area contributed by atoms with Crippen molar-refractivity contribution in [3.05, 3.63) is 0 Å². The third kappa shape index (κ3) is 3.28.